The normalized spacial score (nSPS) is 14.4. The standard InChI is InChI=1S/C21H23BrN2O/c1-13(2)15-6-8-16(9-7-15)21-23-19-17(22)10-11-18(25-3)20(19)24(21)12-14-4-5-14/h6-11,13-14H,4-5,12H2,1-3H3. The number of aromatic nitrogens is 2. The molecule has 1 aliphatic rings. The summed E-state index contributed by atoms with van der Waals surface area (Å²) in [4.78, 5) is 4.98. The molecule has 1 heterocycles. The Morgan fingerprint density at radius 3 is 2.48 bits per heavy atom. The van der Waals surface area contributed by atoms with Gasteiger partial charge in [-0.25, -0.2) is 4.98 Å². The highest BCUT2D eigenvalue weighted by molar-refractivity contribution is 9.10. The van der Waals surface area contributed by atoms with Crippen molar-refractivity contribution in [2.24, 2.45) is 5.92 Å². The van der Waals surface area contributed by atoms with E-state index in [1.807, 2.05) is 12.1 Å². The van der Waals surface area contributed by atoms with Gasteiger partial charge in [-0.1, -0.05) is 38.1 Å². The van der Waals surface area contributed by atoms with Gasteiger partial charge in [-0.3, -0.25) is 0 Å². The lowest BCUT2D eigenvalue weighted by molar-refractivity contribution is 0.417. The van der Waals surface area contributed by atoms with E-state index in [2.05, 4.69) is 58.6 Å². The first kappa shape index (κ1) is 16.6. The fourth-order valence-electron chi connectivity index (χ4n) is 3.31. The van der Waals surface area contributed by atoms with Gasteiger partial charge in [0.1, 0.15) is 22.6 Å². The van der Waals surface area contributed by atoms with Crippen LogP contribution in [0.2, 0.25) is 0 Å². The molecule has 3 aromatic rings. The van der Waals surface area contributed by atoms with Crippen LogP contribution in [0.25, 0.3) is 22.4 Å². The molecule has 1 saturated carbocycles. The number of hydrogen-bond donors (Lipinski definition) is 0. The first-order valence-electron chi connectivity index (χ1n) is 8.91. The highest BCUT2D eigenvalue weighted by atomic mass is 79.9. The SMILES string of the molecule is COc1ccc(Br)c2nc(-c3ccc(C(C)C)cc3)n(CC3CC3)c12. The van der Waals surface area contributed by atoms with E-state index < -0.39 is 0 Å². The molecular formula is C21H23BrN2O. The molecule has 0 aliphatic heterocycles. The highest BCUT2D eigenvalue weighted by Crippen LogP contribution is 2.39. The van der Waals surface area contributed by atoms with Crippen molar-refractivity contribution >= 4 is 27.0 Å². The molecule has 0 amide bonds. The maximum absolute atomic E-state index is 5.64. The smallest absolute Gasteiger partial charge is 0.144 e. The molecule has 3 nitrogen and oxygen atoms in total. The molecule has 1 fully saturated rings. The molecule has 1 aromatic heterocycles. The highest BCUT2D eigenvalue weighted by Gasteiger charge is 2.26. The Kier molecular flexibility index (Phi) is 4.32. The number of hydrogen-bond acceptors (Lipinski definition) is 2. The van der Waals surface area contributed by atoms with E-state index in [0.717, 1.165) is 45.1 Å². The number of ether oxygens (including phenoxy) is 1. The molecular weight excluding hydrogens is 376 g/mol. The van der Waals surface area contributed by atoms with Crippen molar-refractivity contribution in [3.8, 4) is 17.1 Å². The zero-order valence-corrected chi connectivity index (χ0v) is 16.5. The van der Waals surface area contributed by atoms with Gasteiger partial charge in [0.25, 0.3) is 0 Å². The summed E-state index contributed by atoms with van der Waals surface area (Å²) in [6.07, 6.45) is 2.61. The first-order chi connectivity index (χ1) is 12.1. The average Bonchev–Trinajstić information content (AvgIpc) is 3.35. The van der Waals surface area contributed by atoms with Crippen LogP contribution < -0.4 is 4.74 Å². The molecule has 0 unspecified atom stereocenters. The van der Waals surface area contributed by atoms with Gasteiger partial charge in [-0.2, -0.15) is 0 Å². The minimum atomic E-state index is 0.536. The Bertz CT molecular complexity index is 908. The van der Waals surface area contributed by atoms with Gasteiger partial charge < -0.3 is 9.30 Å². The van der Waals surface area contributed by atoms with Crippen LogP contribution in [0.3, 0.4) is 0 Å². The molecule has 0 saturated heterocycles. The number of rotatable bonds is 5. The third kappa shape index (κ3) is 3.08. The Morgan fingerprint density at radius 1 is 1.16 bits per heavy atom. The molecule has 25 heavy (non-hydrogen) atoms. The van der Waals surface area contributed by atoms with Crippen LogP contribution in [-0.2, 0) is 6.54 Å². The first-order valence-corrected chi connectivity index (χ1v) is 9.71. The van der Waals surface area contributed by atoms with E-state index in [9.17, 15) is 0 Å². The van der Waals surface area contributed by atoms with E-state index in [1.54, 1.807) is 7.11 Å². The van der Waals surface area contributed by atoms with Crippen LogP contribution >= 0.6 is 15.9 Å². The van der Waals surface area contributed by atoms with Gasteiger partial charge >= 0.3 is 0 Å². The van der Waals surface area contributed by atoms with Gasteiger partial charge in [0, 0.05) is 16.6 Å². The van der Waals surface area contributed by atoms with Crippen molar-refractivity contribution in [1.29, 1.82) is 0 Å². The second-order valence-corrected chi connectivity index (χ2v) is 8.07. The lowest BCUT2D eigenvalue weighted by Gasteiger charge is -2.12. The topological polar surface area (TPSA) is 27.1 Å². The lowest BCUT2D eigenvalue weighted by Crippen LogP contribution is -2.03. The van der Waals surface area contributed by atoms with E-state index in [-0.39, 0.29) is 0 Å². The lowest BCUT2D eigenvalue weighted by atomic mass is 10.0. The quantitative estimate of drug-likeness (QED) is 0.526. The molecule has 4 rings (SSSR count). The van der Waals surface area contributed by atoms with Crippen molar-refractivity contribution in [3.05, 3.63) is 46.4 Å². The summed E-state index contributed by atoms with van der Waals surface area (Å²) in [6.45, 7) is 5.45. The van der Waals surface area contributed by atoms with Crippen LogP contribution in [0.15, 0.2) is 40.9 Å². The molecule has 4 heteroatoms. The van der Waals surface area contributed by atoms with E-state index in [0.29, 0.717) is 5.92 Å². The van der Waals surface area contributed by atoms with Crippen molar-refractivity contribution in [2.75, 3.05) is 7.11 Å². The molecule has 0 N–H and O–H groups in total. The van der Waals surface area contributed by atoms with E-state index in [4.69, 9.17) is 9.72 Å². The number of fused-ring (bicyclic) bond motifs is 1. The van der Waals surface area contributed by atoms with E-state index >= 15 is 0 Å². The van der Waals surface area contributed by atoms with Crippen molar-refractivity contribution in [1.82, 2.24) is 9.55 Å². The maximum Gasteiger partial charge on any atom is 0.144 e. The van der Waals surface area contributed by atoms with Crippen molar-refractivity contribution < 1.29 is 4.74 Å². The maximum atomic E-state index is 5.64. The summed E-state index contributed by atoms with van der Waals surface area (Å²) in [6, 6.07) is 12.9. The zero-order chi connectivity index (χ0) is 17.6. The second-order valence-electron chi connectivity index (χ2n) is 7.21. The Labute approximate surface area is 157 Å². The number of halogens is 1. The van der Waals surface area contributed by atoms with Crippen molar-refractivity contribution in [3.63, 3.8) is 0 Å². The van der Waals surface area contributed by atoms with Gasteiger partial charge in [0.2, 0.25) is 0 Å². The fourth-order valence-corrected chi connectivity index (χ4v) is 3.72. The minimum absolute atomic E-state index is 0.536. The minimum Gasteiger partial charge on any atom is -0.494 e. The number of imidazole rings is 1. The third-order valence-electron chi connectivity index (χ3n) is 5.00. The third-order valence-corrected chi connectivity index (χ3v) is 5.64. The number of nitrogens with zero attached hydrogens (tertiary/aromatic N) is 2. The molecule has 1 aliphatic carbocycles. The predicted octanol–water partition coefficient (Wildman–Crippen LogP) is 6.01. The monoisotopic (exact) mass is 398 g/mol. The molecule has 0 atom stereocenters. The zero-order valence-electron chi connectivity index (χ0n) is 14.9. The second kappa shape index (κ2) is 6.49. The number of methoxy groups -OCH3 is 1. The van der Waals surface area contributed by atoms with Crippen LogP contribution in [0.1, 0.15) is 38.2 Å². The van der Waals surface area contributed by atoms with Gasteiger partial charge in [0.05, 0.1) is 7.11 Å². The Hall–Kier alpha value is -1.81. The fraction of sp³-hybridized carbons (Fsp3) is 0.381. The number of benzene rings is 2. The summed E-state index contributed by atoms with van der Waals surface area (Å²) in [5.41, 5.74) is 4.58. The van der Waals surface area contributed by atoms with Crippen LogP contribution in [0, 0.1) is 5.92 Å². The van der Waals surface area contributed by atoms with Gasteiger partial charge in [0.15, 0.2) is 0 Å². The van der Waals surface area contributed by atoms with Crippen LogP contribution in [-0.4, -0.2) is 16.7 Å². The summed E-state index contributed by atoms with van der Waals surface area (Å²) in [5, 5.41) is 0. The average molecular weight is 399 g/mol. The Balaban J connectivity index is 1.91. The van der Waals surface area contributed by atoms with Crippen molar-refractivity contribution in [2.45, 2.75) is 39.2 Å². The molecule has 0 bridgehead atoms. The summed E-state index contributed by atoms with van der Waals surface area (Å²) < 4.78 is 9.00. The molecule has 2 aromatic carbocycles. The predicted molar refractivity (Wildman–Crippen MR) is 106 cm³/mol. The Morgan fingerprint density at radius 2 is 1.88 bits per heavy atom. The van der Waals surface area contributed by atoms with Gasteiger partial charge in [-0.05, 0) is 58.3 Å². The molecule has 130 valence electrons. The largest absolute Gasteiger partial charge is 0.494 e. The van der Waals surface area contributed by atoms with Crippen LogP contribution in [0.5, 0.6) is 5.75 Å². The molecule has 0 spiro atoms. The summed E-state index contributed by atoms with van der Waals surface area (Å²) >= 11 is 3.66. The van der Waals surface area contributed by atoms with E-state index in [1.165, 1.54) is 18.4 Å². The molecule has 0 radical (unpaired) electrons. The van der Waals surface area contributed by atoms with Crippen LogP contribution in [0.4, 0.5) is 0 Å². The summed E-state index contributed by atoms with van der Waals surface area (Å²) in [5.74, 6) is 3.21. The van der Waals surface area contributed by atoms with Gasteiger partial charge in [-0.15, -0.1) is 0 Å². The summed E-state index contributed by atoms with van der Waals surface area (Å²) in [7, 11) is 1.73.